The van der Waals surface area contributed by atoms with E-state index >= 15 is 0 Å². The van der Waals surface area contributed by atoms with Crippen molar-refractivity contribution in [1.29, 1.82) is 0 Å². The number of carbonyl (C=O) groups excluding carboxylic acids is 1. The fourth-order valence-corrected chi connectivity index (χ4v) is 4.32. The number of quaternary nitrogens is 1. The third-order valence-electron chi connectivity index (χ3n) is 6.20. The van der Waals surface area contributed by atoms with Crippen molar-refractivity contribution in [1.82, 2.24) is 18.9 Å². The number of amides is 1. The zero-order valence-electron chi connectivity index (χ0n) is 17.8. The van der Waals surface area contributed by atoms with E-state index in [1.54, 1.807) is 16.7 Å². The predicted octanol–water partition coefficient (Wildman–Crippen LogP) is 0.976. The predicted molar refractivity (Wildman–Crippen MR) is 120 cm³/mol. The lowest BCUT2D eigenvalue weighted by molar-refractivity contribution is -0.883. The molecule has 1 amide bonds. The number of hydrogen-bond acceptors (Lipinski definition) is 3. The van der Waals surface area contributed by atoms with Gasteiger partial charge < -0.3 is 14.4 Å². The Morgan fingerprint density at radius 3 is 2.55 bits per heavy atom. The van der Waals surface area contributed by atoms with Gasteiger partial charge in [-0.2, -0.15) is 0 Å². The van der Waals surface area contributed by atoms with Crippen LogP contribution in [-0.2, 0) is 6.54 Å². The van der Waals surface area contributed by atoms with Crippen molar-refractivity contribution in [3.05, 3.63) is 81.9 Å². The molecule has 4 aromatic rings. The maximum atomic E-state index is 13.5. The Labute approximate surface area is 180 Å². The summed E-state index contributed by atoms with van der Waals surface area (Å²) in [4.78, 5) is 35.0. The first-order valence-electron chi connectivity index (χ1n) is 10.7. The first-order valence-corrected chi connectivity index (χ1v) is 10.7. The van der Waals surface area contributed by atoms with Crippen LogP contribution in [0.25, 0.3) is 16.7 Å². The number of pyridine rings is 1. The van der Waals surface area contributed by atoms with Crippen LogP contribution in [0.15, 0.2) is 59.5 Å². The zero-order valence-corrected chi connectivity index (χ0v) is 17.8. The van der Waals surface area contributed by atoms with E-state index in [0.29, 0.717) is 42.0 Å². The molecule has 0 radical (unpaired) electrons. The van der Waals surface area contributed by atoms with Crippen molar-refractivity contribution in [2.75, 3.05) is 33.2 Å². The summed E-state index contributed by atoms with van der Waals surface area (Å²) in [5, 5.41) is 0.474. The number of hydrogen-bond donors (Lipinski definition) is 1. The minimum absolute atomic E-state index is 0.0355. The van der Waals surface area contributed by atoms with Gasteiger partial charge in [0.05, 0.1) is 38.6 Å². The lowest BCUT2D eigenvalue weighted by Gasteiger charge is -2.30. The summed E-state index contributed by atoms with van der Waals surface area (Å²) in [6.07, 6.45) is 1.73. The summed E-state index contributed by atoms with van der Waals surface area (Å²) in [7, 11) is 2.15. The molecule has 0 spiro atoms. The molecule has 1 aliphatic rings. The largest absolute Gasteiger partial charge is 0.334 e. The van der Waals surface area contributed by atoms with E-state index < -0.39 is 0 Å². The van der Waals surface area contributed by atoms with Gasteiger partial charge in [0.15, 0.2) is 0 Å². The molecule has 0 unspecified atom stereocenters. The van der Waals surface area contributed by atoms with E-state index in [1.807, 2.05) is 58.9 Å². The van der Waals surface area contributed by atoms with Crippen molar-refractivity contribution in [2.24, 2.45) is 0 Å². The van der Waals surface area contributed by atoms with E-state index in [-0.39, 0.29) is 11.5 Å². The first-order chi connectivity index (χ1) is 15.0. The monoisotopic (exact) mass is 416 g/mol. The third kappa shape index (κ3) is 3.41. The van der Waals surface area contributed by atoms with Gasteiger partial charge in [0.25, 0.3) is 11.5 Å². The normalized spacial score (nSPS) is 15.1. The van der Waals surface area contributed by atoms with Crippen LogP contribution in [0.5, 0.6) is 0 Å². The van der Waals surface area contributed by atoms with Crippen LogP contribution in [0.3, 0.4) is 0 Å². The van der Waals surface area contributed by atoms with Crippen LogP contribution < -0.4 is 10.5 Å². The van der Waals surface area contributed by atoms with Crippen molar-refractivity contribution in [3.8, 4) is 0 Å². The minimum Gasteiger partial charge on any atom is -0.334 e. The summed E-state index contributed by atoms with van der Waals surface area (Å²) in [5.41, 5.74) is 3.54. The summed E-state index contributed by atoms with van der Waals surface area (Å²) < 4.78 is 3.48. The molecule has 4 heterocycles. The van der Waals surface area contributed by atoms with Gasteiger partial charge in [-0.3, -0.25) is 14.0 Å². The molecule has 0 saturated carbocycles. The number of rotatable bonds is 3. The number of likely N-dealkylation sites (N-methyl/N-ethyl adjacent to an activating group) is 1. The highest BCUT2D eigenvalue weighted by Crippen LogP contribution is 2.21. The van der Waals surface area contributed by atoms with E-state index in [4.69, 9.17) is 4.98 Å². The Morgan fingerprint density at radius 1 is 1.06 bits per heavy atom. The molecule has 0 bridgehead atoms. The van der Waals surface area contributed by atoms with E-state index in [2.05, 4.69) is 7.05 Å². The number of fused-ring (bicyclic) bond motifs is 2. The van der Waals surface area contributed by atoms with Crippen LogP contribution >= 0.6 is 0 Å². The first kappa shape index (κ1) is 19.5. The topological polar surface area (TPSA) is 64.0 Å². The molecule has 7 nitrogen and oxygen atoms in total. The summed E-state index contributed by atoms with van der Waals surface area (Å²) >= 11 is 0. The van der Waals surface area contributed by atoms with Gasteiger partial charge in [-0.25, -0.2) is 4.98 Å². The molecule has 1 aliphatic heterocycles. The summed E-state index contributed by atoms with van der Waals surface area (Å²) in [6, 6.07) is 15.5. The Hall–Kier alpha value is -3.45. The SMILES string of the molecule is Cc1cccn2c(=O)c3cc(C(=O)N4CC[NH+](C)CC4)n(Cc4ccccc4)c3nc12. The van der Waals surface area contributed by atoms with Crippen molar-refractivity contribution in [2.45, 2.75) is 13.5 Å². The summed E-state index contributed by atoms with van der Waals surface area (Å²) in [6.45, 7) is 5.70. The van der Waals surface area contributed by atoms with E-state index in [9.17, 15) is 9.59 Å². The number of carbonyl (C=O) groups is 1. The van der Waals surface area contributed by atoms with Gasteiger partial charge in [0, 0.05) is 12.7 Å². The van der Waals surface area contributed by atoms with Crippen LogP contribution in [0.1, 0.15) is 21.6 Å². The molecule has 1 N–H and O–H groups in total. The van der Waals surface area contributed by atoms with Gasteiger partial charge >= 0.3 is 0 Å². The molecular weight excluding hydrogens is 390 g/mol. The highest BCUT2D eigenvalue weighted by atomic mass is 16.2. The maximum absolute atomic E-state index is 13.5. The molecule has 3 aromatic heterocycles. The van der Waals surface area contributed by atoms with Crippen LogP contribution in [0, 0.1) is 6.92 Å². The smallest absolute Gasteiger partial charge is 0.270 e. The standard InChI is InChI=1S/C24H25N5O2/c1-17-7-6-10-28-21(17)25-22-19(23(28)30)15-20(24(31)27-13-11-26(2)12-14-27)29(22)16-18-8-4-3-5-9-18/h3-10,15H,11-14,16H2,1-2H3/p+1. The second kappa shape index (κ2) is 7.67. The molecule has 1 fully saturated rings. The number of nitrogens with one attached hydrogen (secondary N) is 1. The molecule has 0 aliphatic carbocycles. The molecule has 1 aromatic carbocycles. The average molecular weight is 417 g/mol. The second-order valence-corrected chi connectivity index (χ2v) is 8.39. The molecule has 158 valence electrons. The number of nitrogens with zero attached hydrogens (tertiary/aromatic N) is 4. The quantitative estimate of drug-likeness (QED) is 0.542. The van der Waals surface area contributed by atoms with Crippen LogP contribution in [0.2, 0.25) is 0 Å². The van der Waals surface area contributed by atoms with Gasteiger partial charge in [-0.1, -0.05) is 36.4 Å². The van der Waals surface area contributed by atoms with Gasteiger partial charge in [-0.15, -0.1) is 0 Å². The molecule has 31 heavy (non-hydrogen) atoms. The molecule has 7 heteroatoms. The summed E-state index contributed by atoms with van der Waals surface area (Å²) in [5.74, 6) is -0.0355. The van der Waals surface area contributed by atoms with E-state index in [0.717, 1.165) is 24.2 Å². The Kier molecular flexibility index (Phi) is 4.82. The minimum atomic E-state index is -0.146. The van der Waals surface area contributed by atoms with Crippen molar-refractivity contribution < 1.29 is 9.69 Å². The molecule has 0 atom stereocenters. The number of aromatic nitrogens is 3. The fraction of sp³-hybridized carbons (Fsp3) is 0.292. The average Bonchev–Trinajstić information content (AvgIpc) is 3.14. The highest BCUT2D eigenvalue weighted by Gasteiger charge is 2.27. The van der Waals surface area contributed by atoms with Crippen LogP contribution in [-0.4, -0.2) is 58.0 Å². The zero-order chi connectivity index (χ0) is 21.5. The lowest BCUT2D eigenvalue weighted by Crippen LogP contribution is -3.12. The highest BCUT2D eigenvalue weighted by molar-refractivity contribution is 5.98. The lowest BCUT2D eigenvalue weighted by atomic mass is 10.2. The van der Waals surface area contributed by atoms with Gasteiger partial charge in [-0.05, 0) is 30.2 Å². The van der Waals surface area contributed by atoms with Crippen molar-refractivity contribution in [3.63, 3.8) is 0 Å². The number of aryl methyl sites for hydroxylation is 1. The molecule has 5 rings (SSSR count). The van der Waals surface area contributed by atoms with E-state index in [1.165, 1.54) is 4.90 Å². The Morgan fingerprint density at radius 2 is 1.81 bits per heavy atom. The molecule has 1 saturated heterocycles. The van der Waals surface area contributed by atoms with Gasteiger partial charge in [0.1, 0.15) is 17.0 Å². The Balaban J connectivity index is 1.71. The molecular formula is C24H26N5O2+. The fourth-order valence-electron chi connectivity index (χ4n) is 4.32. The number of piperazine rings is 1. The number of benzene rings is 1. The van der Waals surface area contributed by atoms with Gasteiger partial charge in [0.2, 0.25) is 0 Å². The second-order valence-electron chi connectivity index (χ2n) is 8.39. The maximum Gasteiger partial charge on any atom is 0.270 e. The Bertz CT molecular complexity index is 1330. The van der Waals surface area contributed by atoms with Crippen molar-refractivity contribution >= 4 is 22.6 Å². The van der Waals surface area contributed by atoms with Crippen LogP contribution in [0.4, 0.5) is 0 Å². The third-order valence-corrected chi connectivity index (χ3v) is 6.20.